The number of hydrogen-bond acceptors (Lipinski definition) is 2. The third kappa shape index (κ3) is 4.79. The predicted octanol–water partition coefficient (Wildman–Crippen LogP) is 1.84. The highest BCUT2D eigenvalue weighted by molar-refractivity contribution is 7.89. The monoisotopic (exact) mass is 263 g/mol. The molecule has 0 aromatic heterocycles. The molecule has 3 nitrogen and oxygen atoms in total. The number of nitrogens with one attached hydrogen (secondary N) is 1. The Kier molecular flexibility index (Phi) is 5.02. The molecule has 0 unspecified atom stereocenters. The van der Waals surface area contributed by atoms with Gasteiger partial charge in [0.15, 0.2) is 11.6 Å². The molecule has 0 aliphatic rings. The minimum Gasteiger partial charge on any atom is -0.215 e. The van der Waals surface area contributed by atoms with E-state index in [1.165, 1.54) is 6.07 Å². The van der Waals surface area contributed by atoms with E-state index in [1.807, 2.05) is 0 Å². The molecule has 0 aliphatic carbocycles. The Morgan fingerprint density at radius 2 is 1.94 bits per heavy atom. The van der Waals surface area contributed by atoms with E-state index in [0.29, 0.717) is 18.4 Å². The van der Waals surface area contributed by atoms with Gasteiger partial charge in [-0.15, -0.1) is 0 Å². The zero-order valence-electron chi connectivity index (χ0n) is 9.54. The van der Waals surface area contributed by atoms with Gasteiger partial charge in [-0.2, -0.15) is 0 Å². The molecule has 0 fully saturated rings. The minimum atomic E-state index is -3.24. The van der Waals surface area contributed by atoms with Crippen molar-refractivity contribution in [3.05, 3.63) is 35.4 Å². The molecule has 0 saturated carbocycles. The van der Waals surface area contributed by atoms with Crippen LogP contribution in [-0.2, 0) is 16.4 Å². The van der Waals surface area contributed by atoms with Crippen molar-refractivity contribution in [3.8, 4) is 0 Å². The van der Waals surface area contributed by atoms with Crippen LogP contribution in [0.25, 0.3) is 0 Å². The Morgan fingerprint density at radius 3 is 2.53 bits per heavy atom. The molecule has 0 saturated heterocycles. The highest BCUT2D eigenvalue weighted by Gasteiger charge is 2.08. The highest BCUT2D eigenvalue weighted by atomic mass is 32.2. The highest BCUT2D eigenvalue weighted by Crippen LogP contribution is 2.08. The zero-order valence-corrected chi connectivity index (χ0v) is 10.4. The fraction of sp³-hybridized carbons (Fsp3) is 0.455. The van der Waals surface area contributed by atoms with E-state index in [0.717, 1.165) is 12.1 Å². The van der Waals surface area contributed by atoms with Gasteiger partial charge in [0.1, 0.15) is 0 Å². The smallest absolute Gasteiger partial charge is 0.211 e. The van der Waals surface area contributed by atoms with Crippen molar-refractivity contribution in [2.24, 2.45) is 0 Å². The Morgan fingerprint density at radius 1 is 1.24 bits per heavy atom. The molecule has 6 heteroatoms. The Balaban J connectivity index is 2.49. The third-order valence-electron chi connectivity index (χ3n) is 2.19. The molecule has 1 rings (SSSR count). The van der Waals surface area contributed by atoms with Crippen molar-refractivity contribution in [2.45, 2.75) is 19.8 Å². The van der Waals surface area contributed by atoms with Crippen molar-refractivity contribution in [2.75, 3.05) is 12.3 Å². The van der Waals surface area contributed by atoms with Crippen molar-refractivity contribution >= 4 is 10.0 Å². The van der Waals surface area contributed by atoms with Gasteiger partial charge < -0.3 is 0 Å². The molecule has 0 radical (unpaired) electrons. The molecule has 1 N–H and O–H groups in total. The molecule has 17 heavy (non-hydrogen) atoms. The normalized spacial score (nSPS) is 11.7. The average Bonchev–Trinajstić information content (AvgIpc) is 2.23. The van der Waals surface area contributed by atoms with Crippen LogP contribution in [0, 0.1) is 11.6 Å². The lowest BCUT2D eigenvalue weighted by molar-refractivity contribution is 0.507. The molecule has 0 bridgehead atoms. The molecule has 1 aromatic carbocycles. The summed E-state index contributed by atoms with van der Waals surface area (Å²) in [4.78, 5) is 0. The number of sulfonamides is 1. The van der Waals surface area contributed by atoms with Crippen LogP contribution in [0.15, 0.2) is 18.2 Å². The van der Waals surface area contributed by atoms with E-state index < -0.39 is 21.7 Å². The van der Waals surface area contributed by atoms with Crippen molar-refractivity contribution < 1.29 is 17.2 Å². The number of halogens is 2. The van der Waals surface area contributed by atoms with Crippen molar-refractivity contribution in [1.29, 1.82) is 0 Å². The molecular formula is C11H15F2NO2S. The van der Waals surface area contributed by atoms with Gasteiger partial charge in [-0.3, -0.25) is 0 Å². The Hall–Kier alpha value is -1.01. The van der Waals surface area contributed by atoms with E-state index in [2.05, 4.69) is 4.72 Å². The summed E-state index contributed by atoms with van der Waals surface area (Å²) in [7, 11) is -3.24. The molecule has 0 heterocycles. The van der Waals surface area contributed by atoms with Crippen LogP contribution < -0.4 is 4.72 Å². The van der Waals surface area contributed by atoms with Crippen LogP contribution in [0.3, 0.4) is 0 Å². The standard InChI is InChI=1S/C11H15F2NO2S/c1-2-7-17(15,16)14-6-5-9-3-4-10(12)11(13)8-9/h3-4,8,14H,2,5-7H2,1H3. The first-order chi connectivity index (χ1) is 7.94. The number of hydrogen-bond donors (Lipinski definition) is 1. The maximum Gasteiger partial charge on any atom is 0.211 e. The summed E-state index contributed by atoms with van der Waals surface area (Å²) in [6.45, 7) is 1.96. The lowest BCUT2D eigenvalue weighted by Gasteiger charge is -2.05. The van der Waals surface area contributed by atoms with Crippen molar-refractivity contribution in [1.82, 2.24) is 4.72 Å². The van der Waals surface area contributed by atoms with Crippen LogP contribution in [0.4, 0.5) is 8.78 Å². The molecule has 96 valence electrons. The molecule has 1 aromatic rings. The summed E-state index contributed by atoms with van der Waals surface area (Å²) < 4.78 is 50.5. The van der Waals surface area contributed by atoms with Crippen LogP contribution in [0.5, 0.6) is 0 Å². The summed E-state index contributed by atoms with van der Waals surface area (Å²) in [5, 5.41) is 0. The van der Waals surface area contributed by atoms with Gasteiger partial charge in [0.25, 0.3) is 0 Å². The van der Waals surface area contributed by atoms with E-state index in [9.17, 15) is 17.2 Å². The lowest BCUT2D eigenvalue weighted by Crippen LogP contribution is -2.28. The second-order valence-corrected chi connectivity index (χ2v) is 5.64. The topological polar surface area (TPSA) is 46.2 Å². The first-order valence-corrected chi connectivity index (χ1v) is 7.01. The largest absolute Gasteiger partial charge is 0.215 e. The number of rotatable bonds is 6. The van der Waals surface area contributed by atoms with Gasteiger partial charge >= 0.3 is 0 Å². The fourth-order valence-electron chi connectivity index (χ4n) is 1.39. The average molecular weight is 263 g/mol. The van der Waals surface area contributed by atoms with Crippen molar-refractivity contribution in [3.63, 3.8) is 0 Å². The first kappa shape index (κ1) is 14.1. The maximum absolute atomic E-state index is 12.8. The molecule has 0 spiro atoms. The van der Waals surface area contributed by atoms with Crippen LogP contribution >= 0.6 is 0 Å². The lowest BCUT2D eigenvalue weighted by atomic mass is 10.1. The number of benzene rings is 1. The van der Waals surface area contributed by atoms with Gasteiger partial charge in [-0.05, 0) is 30.5 Å². The third-order valence-corrected chi connectivity index (χ3v) is 3.78. The quantitative estimate of drug-likeness (QED) is 0.851. The zero-order chi connectivity index (χ0) is 12.9. The van der Waals surface area contributed by atoms with Gasteiger partial charge in [-0.1, -0.05) is 13.0 Å². The van der Waals surface area contributed by atoms with E-state index in [4.69, 9.17) is 0 Å². The van der Waals surface area contributed by atoms with Crippen LogP contribution in [0.1, 0.15) is 18.9 Å². The summed E-state index contributed by atoms with van der Waals surface area (Å²) in [6, 6.07) is 3.54. The summed E-state index contributed by atoms with van der Waals surface area (Å²) in [6.07, 6.45) is 0.876. The van der Waals surface area contributed by atoms with Gasteiger partial charge in [-0.25, -0.2) is 21.9 Å². The second kappa shape index (κ2) is 6.07. The first-order valence-electron chi connectivity index (χ1n) is 5.36. The van der Waals surface area contributed by atoms with Gasteiger partial charge in [0, 0.05) is 6.54 Å². The SMILES string of the molecule is CCCS(=O)(=O)NCCc1ccc(F)c(F)c1. The summed E-state index contributed by atoms with van der Waals surface area (Å²) >= 11 is 0. The van der Waals surface area contributed by atoms with Crippen LogP contribution in [-0.4, -0.2) is 20.7 Å². The summed E-state index contributed by atoms with van der Waals surface area (Å²) in [5.74, 6) is -1.75. The Bertz CT molecular complexity index is 474. The van der Waals surface area contributed by atoms with E-state index in [-0.39, 0.29) is 12.3 Å². The molecule has 0 aliphatic heterocycles. The van der Waals surface area contributed by atoms with Gasteiger partial charge in [0.05, 0.1) is 5.75 Å². The predicted molar refractivity (Wildman–Crippen MR) is 62.1 cm³/mol. The maximum atomic E-state index is 12.8. The van der Waals surface area contributed by atoms with E-state index >= 15 is 0 Å². The van der Waals surface area contributed by atoms with Crippen LogP contribution in [0.2, 0.25) is 0 Å². The van der Waals surface area contributed by atoms with Gasteiger partial charge in [0.2, 0.25) is 10.0 Å². The molecular weight excluding hydrogens is 248 g/mol. The molecule has 0 amide bonds. The van der Waals surface area contributed by atoms with E-state index in [1.54, 1.807) is 6.92 Å². The minimum absolute atomic E-state index is 0.0742. The second-order valence-electron chi connectivity index (χ2n) is 3.71. The summed E-state index contributed by atoms with van der Waals surface area (Å²) in [5.41, 5.74) is 0.558. The molecule has 0 atom stereocenters. The Labute approximate surface area is 99.9 Å². The fourth-order valence-corrected chi connectivity index (χ4v) is 2.48.